The zero-order valence-electron chi connectivity index (χ0n) is 19.4. The Balaban J connectivity index is 1.64. The first kappa shape index (κ1) is 24.0. The van der Waals surface area contributed by atoms with Gasteiger partial charge in [-0.25, -0.2) is 9.56 Å². The minimum absolute atomic E-state index is 0.0240. The number of nitrogens with one attached hydrogen (secondary N) is 1. The number of anilines is 1. The lowest BCUT2D eigenvalue weighted by Gasteiger charge is -2.24. The minimum atomic E-state index is -0.830. The number of aromatic nitrogens is 1. The summed E-state index contributed by atoms with van der Waals surface area (Å²) in [6.07, 6.45) is 1.48. The van der Waals surface area contributed by atoms with E-state index in [2.05, 4.69) is 10.3 Å². The molecular weight excluding hydrogens is 496 g/mol. The van der Waals surface area contributed by atoms with E-state index in [0.29, 0.717) is 27.5 Å². The van der Waals surface area contributed by atoms with Crippen LogP contribution in [0.4, 0.5) is 11.4 Å². The number of para-hydroxylation sites is 1. The Bertz CT molecular complexity index is 1720. The number of allylic oxidation sites excluding steroid dienone is 1. The zero-order chi connectivity index (χ0) is 26.1. The van der Waals surface area contributed by atoms with Crippen molar-refractivity contribution in [3.05, 3.63) is 138 Å². The number of oxazole rings is 1. The molecule has 4 aromatic rings. The Morgan fingerprint density at radius 3 is 2.41 bits per heavy atom. The maximum Gasteiger partial charge on any atom is 0.306 e. The van der Waals surface area contributed by atoms with E-state index >= 15 is 0 Å². The zero-order valence-corrected chi connectivity index (χ0v) is 20.2. The Kier molecular flexibility index (Phi) is 6.29. The summed E-state index contributed by atoms with van der Waals surface area (Å²) in [6, 6.07) is 20.7. The number of halogens is 1. The highest BCUT2D eigenvalue weighted by atomic mass is 35.5. The topological polar surface area (TPSA) is 120 Å². The van der Waals surface area contributed by atoms with Gasteiger partial charge >= 0.3 is 5.68 Å². The molecule has 1 amide bonds. The van der Waals surface area contributed by atoms with Crippen molar-refractivity contribution in [2.24, 2.45) is 4.99 Å². The fraction of sp³-hybridized carbons (Fsp3) is 0.0741. The van der Waals surface area contributed by atoms with Crippen LogP contribution in [0.2, 0.25) is 5.02 Å². The molecule has 0 radical (unpaired) electrons. The predicted molar refractivity (Wildman–Crippen MR) is 138 cm³/mol. The van der Waals surface area contributed by atoms with E-state index in [1.807, 2.05) is 6.07 Å². The quantitative estimate of drug-likeness (QED) is 0.319. The number of hydrogen-bond acceptors (Lipinski definition) is 6. The summed E-state index contributed by atoms with van der Waals surface area (Å²) in [4.78, 5) is 41.9. The van der Waals surface area contributed by atoms with Gasteiger partial charge in [-0.2, -0.15) is 0 Å². The molecule has 1 aromatic heterocycles. The van der Waals surface area contributed by atoms with Gasteiger partial charge in [-0.15, -0.1) is 0 Å². The van der Waals surface area contributed by atoms with Gasteiger partial charge in [0.2, 0.25) is 0 Å². The standard InChI is InChI=1S/C27H19ClN4O5/c1-16-23(25(33)30-20-5-3-2-4-6-20)24(18-9-11-19(28)12-10-18)31-26(34)22(37-27(31)29-16)15-17-7-13-21(14-8-17)32(35)36/h2-15,24H,1H3,(H,30,33)/b22-15-. The molecule has 0 fully saturated rings. The van der Waals surface area contributed by atoms with E-state index < -0.39 is 22.4 Å². The van der Waals surface area contributed by atoms with Crippen molar-refractivity contribution < 1.29 is 14.1 Å². The Morgan fingerprint density at radius 1 is 1.08 bits per heavy atom. The van der Waals surface area contributed by atoms with Gasteiger partial charge in [-0.05, 0) is 60.5 Å². The first-order valence-electron chi connectivity index (χ1n) is 11.2. The smallest absolute Gasteiger partial charge is 0.306 e. The Morgan fingerprint density at radius 2 is 1.76 bits per heavy atom. The van der Waals surface area contributed by atoms with Crippen molar-refractivity contribution in [3.63, 3.8) is 0 Å². The van der Waals surface area contributed by atoms with Gasteiger partial charge in [-0.3, -0.25) is 19.7 Å². The van der Waals surface area contributed by atoms with Crippen LogP contribution >= 0.6 is 11.6 Å². The number of hydrogen-bond donors (Lipinski definition) is 1. The third kappa shape index (κ3) is 4.72. The number of amides is 1. The fourth-order valence-electron chi connectivity index (χ4n) is 4.14. The second-order valence-electron chi connectivity index (χ2n) is 8.30. The number of carbonyl (C=O) groups excluding carboxylic acids is 1. The molecule has 0 bridgehead atoms. The van der Waals surface area contributed by atoms with Crippen molar-refractivity contribution >= 4 is 35.0 Å². The molecule has 2 heterocycles. The van der Waals surface area contributed by atoms with Crippen LogP contribution in [0.1, 0.15) is 24.1 Å². The molecule has 5 rings (SSSR count). The van der Waals surface area contributed by atoms with Gasteiger partial charge in [0.1, 0.15) is 0 Å². The fourth-order valence-corrected chi connectivity index (χ4v) is 4.26. The van der Waals surface area contributed by atoms with E-state index in [1.165, 1.54) is 34.9 Å². The van der Waals surface area contributed by atoms with Gasteiger partial charge < -0.3 is 9.73 Å². The summed E-state index contributed by atoms with van der Waals surface area (Å²) in [5, 5.41) is 14.3. The molecule has 0 aliphatic carbocycles. The molecule has 0 spiro atoms. The van der Waals surface area contributed by atoms with E-state index in [0.717, 1.165) is 0 Å². The van der Waals surface area contributed by atoms with Crippen LogP contribution < -0.4 is 22.0 Å². The number of nitro benzene ring substituents is 1. The van der Waals surface area contributed by atoms with E-state index in [-0.39, 0.29) is 22.4 Å². The molecule has 0 saturated carbocycles. The number of carbonyl (C=O) groups is 1. The highest BCUT2D eigenvalue weighted by Gasteiger charge is 2.33. The van der Waals surface area contributed by atoms with Gasteiger partial charge in [-0.1, -0.05) is 41.9 Å². The van der Waals surface area contributed by atoms with Crippen LogP contribution in [0.3, 0.4) is 0 Å². The van der Waals surface area contributed by atoms with Crippen molar-refractivity contribution in [3.8, 4) is 0 Å². The molecule has 0 saturated heterocycles. The summed E-state index contributed by atoms with van der Waals surface area (Å²) in [5.74, 6) is -0.410. The number of benzene rings is 3. The SMILES string of the molecule is CC1=C(C(=O)Nc2ccccc2)C(c2ccc(Cl)cc2)n2c(o/c(=C\c3ccc([N+](=O)[O-])cc3)c2=O)=N1. The molecule has 1 unspecified atom stereocenters. The largest absolute Gasteiger partial charge is 0.419 e. The minimum Gasteiger partial charge on any atom is -0.419 e. The average molecular weight is 515 g/mol. The predicted octanol–water partition coefficient (Wildman–Crippen LogP) is 3.97. The highest BCUT2D eigenvalue weighted by Crippen LogP contribution is 2.31. The molecule has 37 heavy (non-hydrogen) atoms. The number of rotatable bonds is 5. The van der Waals surface area contributed by atoms with Crippen molar-refractivity contribution in [1.82, 2.24) is 4.57 Å². The summed E-state index contributed by atoms with van der Waals surface area (Å²) < 4.78 is 7.14. The van der Waals surface area contributed by atoms with Gasteiger partial charge in [0, 0.05) is 22.8 Å². The van der Waals surface area contributed by atoms with E-state index in [9.17, 15) is 19.7 Å². The van der Waals surface area contributed by atoms with Gasteiger partial charge in [0.15, 0.2) is 5.42 Å². The normalized spacial score (nSPS) is 15.2. The first-order valence-corrected chi connectivity index (χ1v) is 11.6. The lowest BCUT2D eigenvalue weighted by atomic mass is 9.95. The van der Waals surface area contributed by atoms with E-state index in [4.69, 9.17) is 16.0 Å². The molecular formula is C27H19ClN4O5. The average Bonchev–Trinajstić information content (AvgIpc) is 3.18. The van der Waals surface area contributed by atoms with Crippen LogP contribution in [0.15, 0.2) is 104 Å². The molecule has 1 atom stereocenters. The van der Waals surface area contributed by atoms with Crippen molar-refractivity contribution in [2.45, 2.75) is 13.0 Å². The number of non-ortho nitro benzene ring substituents is 1. The molecule has 184 valence electrons. The molecule has 10 heteroatoms. The third-order valence-electron chi connectivity index (χ3n) is 5.89. The van der Waals surface area contributed by atoms with Crippen LogP contribution in [0, 0.1) is 10.1 Å². The second kappa shape index (κ2) is 9.71. The van der Waals surface area contributed by atoms with E-state index in [1.54, 1.807) is 55.5 Å². The van der Waals surface area contributed by atoms with Crippen LogP contribution in [-0.4, -0.2) is 15.4 Å². The number of nitro groups is 1. The van der Waals surface area contributed by atoms with Crippen LogP contribution in [0.25, 0.3) is 6.08 Å². The molecule has 1 N–H and O–H groups in total. The number of fused-ring (bicyclic) bond motifs is 1. The summed E-state index contributed by atoms with van der Waals surface area (Å²) >= 11 is 6.10. The van der Waals surface area contributed by atoms with Crippen LogP contribution in [-0.2, 0) is 4.79 Å². The van der Waals surface area contributed by atoms with Crippen molar-refractivity contribution in [2.75, 3.05) is 5.32 Å². The Hall–Kier alpha value is -4.76. The maximum absolute atomic E-state index is 13.6. The molecule has 3 aromatic carbocycles. The lowest BCUT2D eigenvalue weighted by Crippen LogP contribution is -2.40. The summed E-state index contributed by atoms with van der Waals surface area (Å²) in [5.41, 5.74) is 1.88. The van der Waals surface area contributed by atoms with Crippen molar-refractivity contribution in [1.29, 1.82) is 0 Å². The monoisotopic (exact) mass is 514 g/mol. The number of nitrogens with zero attached hydrogens (tertiary/aromatic N) is 3. The van der Waals surface area contributed by atoms with Gasteiger partial charge in [0.05, 0.1) is 22.2 Å². The first-order chi connectivity index (χ1) is 17.8. The second-order valence-corrected chi connectivity index (χ2v) is 8.74. The summed E-state index contributed by atoms with van der Waals surface area (Å²) in [7, 11) is 0. The molecule has 9 nitrogen and oxygen atoms in total. The molecule has 1 aliphatic rings. The summed E-state index contributed by atoms with van der Waals surface area (Å²) in [6.45, 7) is 1.68. The van der Waals surface area contributed by atoms with Crippen LogP contribution in [0.5, 0.6) is 0 Å². The maximum atomic E-state index is 13.6. The van der Waals surface area contributed by atoms with Gasteiger partial charge in [0.25, 0.3) is 17.2 Å². The Labute approximate surface area is 214 Å². The third-order valence-corrected chi connectivity index (χ3v) is 6.14. The lowest BCUT2D eigenvalue weighted by molar-refractivity contribution is -0.384. The highest BCUT2D eigenvalue weighted by molar-refractivity contribution is 6.30. The molecule has 1 aliphatic heterocycles.